The molecule has 19 heavy (non-hydrogen) atoms. The molecular formula is C16H16O2S. The normalized spacial score (nSPS) is 17.2. The van der Waals surface area contributed by atoms with Gasteiger partial charge in [-0.25, -0.2) is 0 Å². The van der Waals surface area contributed by atoms with Gasteiger partial charge in [-0.3, -0.25) is 0 Å². The molecule has 0 aliphatic carbocycles. The second-order valence-corrected chi connectivity index (χ2v) is 5.97. The van der Waals surface area contributed by atoms with Gasteiger partial charge in [0.15, 0.2) is 0 Å². The average Bonchev–Trinajstić information content (AvgIpc) is 2.88. The van der Waals surface area contributed by atoms with Crippen molar-refractivity contribution in [3.8, 4) is 5.75 Å². The molecule has 1 unspecified atom stereocenters. The van der Waals surface area contributed by atoms with Crippen LogP contribution in [-0.2, 0) is 13.0 Å². The maximum Gasteiger partial charge on any atom is 0.124 e. The molecule has 3 heteroatoms. The lowest BCUT2D eigenvalue weighted by Crippen LogP contribution is -2.14. The van der Waals surface area contributed by atoms with E-state index in [0.29, 0.717) is 11.9 Å². The summed E-state index contributed by atoms with van der Waals surface area (Å²) in [6.07, 6.45) is 1.06. The number of aliphatic hydroxyl groups is 1. The first-order chi connectivity index (χ1) is 9.36. The van der Waals surface area contributed by atoms with E-state index in [1.165, 1.54) is 10.5 Å². The third-order valence-corrected chi connectivity index (χ3v) is 4.57. The lowest BCUT2D eigenvalue weighted by Gasteiger charge is -2.13. The zero-order valence-corrected chi connectivity index (χ0v) is 11.4. The Balaban J connectivity index is 1.63. The van der Waals surface area contributed by atoms with Crippen LogP contribution in [0.25, 0.3) is 0 Å². The summed E-state index contributed by atoms with van der Waals surface area (Å²) in [6, 6.07) is 16.2. The van der Waals surface area contributed by atoms with Gasteiger partial charge in [0.25, 0.3) is 0 Å². The summed E-state index contributed by atoms with van der Waals surface area (Å²) in [4.78, 5) is 1.37. The molecule has 0 bridgehead atoms. The van der Waals surface area contributed by atoms with E-state index in [1.807, 2.05) is 36.0 Å². The van der Waals surface area contributed by atoms with Crippen LogP contribution in [0.5, 0.6) is 5.75 Å². The Hall–Kier alpha value is -1.45. The summed E-state index contributed by atoms with van der Waals surface area (Å²) in [5.41, 5.74) is 2.26. The highest BCUT2D eigenvalue weighted by Crippen LogP contribution is 2.37. The summed E-state index contributed by atoms with van der Waals surface area (Å²) >= 11 is 1.88. The maximum atomic E-state index is 9.27. The quantitative estimate of drug-likeness (QED) is 0.926. The van der Waals surface area contributed by atoms with Gasteiger partial charge in [0, 0.05) is 15.7 Å². The molecule has 0 saturated heterocycles. The van der Waals surface area contributed by atoms with Gasteiger partial charge in [0.1, 0.15) is 12.4 Å². The highest BCUT2D eigenvalue weighted by molar-refractivity contribution is 8.00. The van der Waals surface area contributed by atoms with Crippen LogP contribution in [0.3, 0.4) is 0 Å². The van der Waals surface area contributed by atoms with Gasteiger partial charge in [-0.15, -0.1) is 11.8 Å². The minimum absolute atomic E-state index is 0.0220. The highest BCUT2D eigenvalue weighted by Gasteiger charge is 2.22. The van der Waals surface area contributed by atoms with Crippen molar-refractivity contribution in [2.45, 2.75) is 23.2 Å². The summed E-state index contributed by atoms with van der Waals surface area (Å²) < 4.78 is 5.86. The van der Waals surface area contributed by atoms with E-state index in [2.05, 4.69) is 24.3 Å². The van der Waals surface area contributed by atoms with E-state index in [9.17, 15) is 5.11 Å². The molecule has 0 aromatic heterocycles. The van der Waals surface area contributed by atoms with Gasteiger partial charge >= 0.3 is 0 Å². The molecule has 0 amide bonds. The Morgan fingerprint density at radius 2 is 1.89 bits per heavy atom. The zero-order valence-electron chi connectivity index (χ0n) is 10.6. The standard InChI is InChI=1S/C16H16O2S/c17-10-13-6-1-3-7-15(13)18-11-14-9-12-5-2-4-8-16(12)19-14/h1-8,14,17H,9-11H2. The first kappa shape index (κ1) is 12.6. The molecule has 0 saturated carbocycles. The fourth-order valence-corrected chi connectivity index (χ4v) is 3.52. The molecule has 1 N–H and O–H groups in total. The van der Waals surface area contributed by atoms with Crippen LogP contribution in [0.2, 0.25) is 0 Å². The van der Waals surface area contributed by atoms with Crippen LogP contribution in [0.4, 0.5) is 0 Å². The number of thioether (sulfide) groups is 1. The van der Waals surface area contributed by atoms with Crippen LogP contribution < -0.4 is 4.74 Å². The van der Waals surface area contributed by atoms with E-state index in [4.69, 9.17) is 4.74 Å². The van der Waals surface area contributed by atoms with Gasteiger partial charge in [-0.05, 0) is 24.1 Å². The second kappa shape index (κ2) is 5.68. The molecule has 0 radical (unpaired) electrons. The van der Waals surface area contributed by atoms with Crippen LogP contribution >= 0.6 is 11.8 Å². The summed E-state index contributed by atoms with van der Waals surface area (Å²) in [6.45, 7) is 0.699. The minimum atomic E-state index is 0.0220. The molecule has 0 fully saturated rings. The zero-order chi connectivity index (χ0) is 13.1. The van der Waals surface area contributed by atoms with Crippen LogP contribution in [0, 0.1) is 0 Å². The molecule has 2 aromatic carbocycles. The average molecular weight is 272 g/mol. The molecular weight excluding hydrogens is 256 g/mol. The molecule has 1 aliphatic rings. The van der Waals surface area contributed by atoms with Crippen molar-refractivity contribution in [1.82, 2.24) is 0 Å². The molecule has 98 valence electrons. The number of benzene rings is 2. The molecule has 1 atom stereocenters. The topological polar surface area (TPSA) is 29.5 Å². The Kier molecular flexibility index (Phi) is 3.76. The van der Waals surface area contributed by atoms with Gasteiger partial charge in [0.05, 0.1) is 6.61 Å². The summed E-state index contributed by atoms with van der Waals surface area (Å²) in [5, 5.41) is 9.73. The largest absolute Gasteiger partial charge is 0.492 e. The van der Waals surface area contributed by atoms with Gasteiger partial charge in [-0.1, -0.05) is 36.4 Å². The lowest BCUT2D eigenvalue weighted by atomic mass is 10.1. The van der Waals surface area contributed by atoms with Crippen LogP contribution in [0.15, 0.2) is 53.4 Å². The van der Waals surface area contributed by atoms with Gasteiger partial charge < -0.3 is 9.84 Å². The van der Waals surface area contributed by atoms with Crippen molar-refractivity contribution >= 4 is 11.8 Å². The van der Waals surface area contributed by atoms with Crippen molar-refractivity contribution in [3.05, 3.63) is 59.7 Å². The van der Waals surface area contributed by atoms with E-state index < -0.39 is 0 Å². The fraction of sp³-hybridized carbons (Fsp3) is 0.250. The molecule has 2 nitrogen and oxygen atoms in total. The predicted octanol–water partition coefficient (Wildman–Crippen LogP) is 3.27. The van der Waals surface area contributed by atoms with Gasteiger partial charge in [-0.2, -0.15) is 0 Å². The Morgan fingerprint density at radius 3 is 2.74 bits per heavy atom. The summed E-state index contributed by atoms with van der Waals surface area (Å²) in [7, 11) is 0. The van der Waals surface area contributed by atoms with E-state index in [-0.39, 0.29) is 6.61 Å². The Morgan fingerprint density at radius 1 is 1.11 bits per heavy atom. The number of para-hydroxylation sites is 1. The van der Waals surface area contributed by atoms with Crippen molar-refractivity contribution in [2.75, 3.05) is 6.61 Å². The monoisotopic (exact) mass is 272 g/mol. The lowest BCUT2D eigenvalue weighted by molar-refractivity contribution is 0.263. The predicted molar refractivity (Wildman–Crippen MR) is 77.7 cm³/mol. The third kappa shape index (κ3) is 2.77. The van der Waals surface area contributed by atoms with Crippen molar-refractivity contribution in [3.63, 3.8) is 0 Å². The SMILES string of the molecule is OCc1ccccc1OCC1Cc2ccccc2S1. The summed E-state index contributed by atoms with van der Waals surface area (Å²) in [5.74, 6) is 0.793. The van der Waals surface area contributed by atoms with E-state index in [1.54, 1.807) is 0 Å². The molecule has 1 heterocycles. The van der Waals surface area contributed by atoms with Gasteiger partial charge in [0.2, 0.25) is 0 Å². The number of fused-ring (bicyclic) bond motifs is 1. The Bertz CT molecular complexity index is 543. The smallest absolute Gasteiger partial charge is 0.124 e. The second-order valence-electron chi connectivity index (χ2n) is 4.63. The third-order valence-electron chi connectivity index (χ3n) is 3.28. The first-order valence-electron chi connectivity index (χ1n) is 6.43. The minimum Gasteiger partial charge on any atom is -0.492 e. The molecule has 1 aliphatic heterocycles. The molecule has 3 rings (SSSR count). The van der Waals surface area contributed by atoms with Crippen molar-refractivity contribution in [2.24, 2.45) is 0 Å². The fourth-order valence-electron chi connectivity index (χ4n) is 2.30. The van der Waals surface area contributed by atoms with Crippen molar-refractivity contribution < 1.29 is 9.84 Å². The number of ether oxygens (including phenoxy) is 1. The number of rotatable bonds is 4. The van der Waals surface area contributed by atoms with E-state index >= 15 is 0 Å². The number of hydrogen-bond donors (Lipinski definition) is 1. The van der Waals surface area contributed by atoms with Crippen LogP contribution in [0.1, 0.15) is 11.1 Å². The number of aliphatic hydroxyl groups excluding tert-OH is 1. The Labute approximate surface area is 117 Å². The van der Waals surface area contributed by atoms with Crippen LogP contribution in [-0.4, -0.2) is 17.0 Å². The highest BCUT2D eigenvalue weighted by atomic mass is 32.2. The number of hydrogen-bond acceptors (Lipinski definition) is 3. The van der Waals surface area contributed by atoms with E-state index in [0.717, 1.165) is 17.7 Å². The first-order valence-corrected chi connectivity index (χ1v) is 7.31. The molecule has 0 spiro atoms. The maximum absolute atomic E-state index is 9.27. The molecule has 2 aromatic rings. The van der Waals surface area contributed by atoms with Crippen molar-refractivity contribution in [1.29, 1.82) is 0 Å².